The van der Waals surface area contributed by atoms with Crippen molar-refractivity contribution < 1.29 is 23.9 Å². The third-order valence-electron chi connectivity index (χ3n) is 8.74. The van der Waals surface area contributed by atoms with Gasteiger partial charge in [0.25, 0.3) is 11.8 Å². The van der Waals surface area contributed by atoms with Gasteiger partial charge in [0, 0.05) is 36.3 Å². The topological polar surface area (TPSA) is 117 Å². The van der Waals surface area contributed by atoms with Crippen LogP contribution >= 0.6 is 0 Å². The molecule has 1 aliphatic carbocycles. The summed E-state index contributed by atoms with van der Waals surface area (Å²) in [6.45, 7) is 14.8. The largest absolute Gasteiger partial charge is 0.477 e. The van der Waals surface area contributed by atoms with Crippen LogP contribution in [0.5, 0.6) is 0 Å². The van der Waals surface area contributed by atoms with Crippen molar-refractivity contribution in [2.75, 3.05) is 18.0 Å². The highest BCUT2D eigenvalue weighted by Gasteiger charge is 2.46. The van der Waals surface area contributed by atoms with Gasteiger partial charge in [-0.3, -0.25) is 14.5 Å². The van der Waals surface area contributed by atoms with Crippen molar-refractivity contribution in [1.82, 2.24) is 14.9 Å². The Morgan fingerprint density at radius 3 is 2.34 bits per heavy atom. The average molecular weight is 561 g/mol. The molecule has 0 spiro atoms. The fourth-order valence-electron chi connectivity index (χ4n) is 6.04. The summed E-state index contributed by atoms with van der Waals surface area (Å²) >= 11 is 0. The summed E-state index contributed by atoms with van der Waals surface area (Å²) in [6, 6.07) is 8.41. The lowest BCUT2D eigenvalue weighted by molar-refractivity contribution is -0.129. The summed E-state index contributed by atoms with van der Waals surface area (Å²) in [5, 5.41) is 9.32. The van der Waals surface area contributed by atoms with Gasteiger partial charge in [0.2, 0.25) is 0 Å². The molecule has 5 rings (SSSR count). The Hall–Kier alpha value is -3.75. The summed E-state index contributed by atoms with van der Waals surface area (Å²) < 4.78 is 6.24. The number of pyridine rings is 2. The van der Waals surface area contributed by atoms with Crippen LogP contribution in [0.25, 0.3) is 11.1 Å². The lowest BCUT2D eigenvalue weighted by Gasteiger charge is -2.45. The van der Waals surface area contributed by atoms with Crippen LogP contribution in [-0.4, -0.2) is 56.4 Å². The number of carbonyl (C=O) groups excluding carboxylic acids is 2. The molecule has 4 heterocycles. The van der Waals surface area contributed by atoms with Crippen LogP contribution in [0, 0.1) is 5.41 Å². The molecule has 3 aromatic rings. The van der Waals surface area contributed by atoms with Crippen molar-refractivity contribution in [3.63, 3.8) is 0 Å². The molecule has 2 aliphatic rings. The van der Waals surface area contributed by atoms with E-state index in [1.807, 2.05) is 0 Å². The van der Waals surface area contributed by atoms with E-state index in [-0.39, 0.29) is 47.6 Å². The number of carbonyl (C=O) groups is 3. The second-order valence-electron chi connectivity index (χ2n) is 13.8. The van der Waals surface area contributed by atoms with Crippen LogP contribution in [0.3, 0.4) is 0 Å². The molecule has 0 aromatic carbocycles. The molecule has 9 heteroatoms. The number of aromatic carboxylic acids is 1. The third kappa shape index (κ3) is 5.34. The molecule has 0 bridgehead atoms. The molecule has 2 amide bonds. The Bertz CT molecular complexity index is 1520. The van der Waals surface area contributed by atoms with E-state index in [1.54, 1.807) is 32.0 Å². The minimum Gasteiger partial charge on any atom is -0.477 e. The molecular weight excluding hydrogens is 520 g/mol. The zero-order chi connectivity index (χ0) is 29.9. The van der Waals surface area contributed by atoms with Crippen LogP contribution in [0.4, 0.5) is 5.82 Å². The van der Waals surface area contributed by atoms with Crippen molar-refractivity contribution >= 4 is 34.7 Å². The van der Waals surface area contributed by atoms with Gasteiger partial charge in [0.05, 0.1) is 0 Å². The number of carboxylic acid groups (broad SMARTS) is 1. The maximum Gasteiger partial charge on any atom is 0.354 e. The predicted octanol–water partition coefficient (Wildman–Crippen LogP) is 6.17. The highest BCUT2D eigenvalue weighted by molar-refractivity contribution is 6.05. The number of anilines is 1. The molecule has 1 saturated heterocycles. The number of hydrogen-bond acceptors (Lipinski definition) is 6. The van der Waals surface area contributed by atoms with E-state index in [2.05, 4.69) is 45.7 Å². The monoisotopic (exact) mass is 560 g/mol. The minimum absolute atomic E-state index is 0.146. The number of furan rings is 1. The summed E-state index contributed by atoms with van der Waals surface area (Å²) in [6.07, 6.45) is 4.48. The Morgan fingerprint density at radius 2 is 1.71 bits per heavy atom. The van der Waals surface area contributed by atoms with Gasteiger partial charge >= 0.3 is 5.97 Å². The number of carboxylic acids is 1. The van der Waals surface area contributed by atoms with Crippen LogP contribution in [0.15, 0.2) is 34.7 Å². The summed E-state index contributed by atoms with van der Waals surface area (Å²) in [4.78, 5) is 51.0. The van der Waals surface area contributed by atoms with E-state index < -0.39 is 11.5 Å². The van der Waals surface area contributed by atoms with E-state index in [0.717, 1.165) is 36.9 Å². The maximum absolute atomic E-state index is 13.9. The number of amides is 2. The van der Waals surface area contributed by atoms with Gasteiger partial charge in [-0.25, -0.2) is 14.8 Å². The van der Waals surface area contributed by atoms with E-state index in [4.69, 9.17) is 9.40 Å². The average Bonchev–Trinajstić information content (AvgIpc) is 3.33. The van der Waals surface area contributed by atoms with Crippen LogP contribution < -0.4 is 4.90 Å². The highest BCUT2D eigenvalue weighted by Crippen LogP contribution is 2.43. The number of aromatic nitrogens is 2. The lowest BCUT2D eigenvalue weighted by atomic mass is 9.72. The van der Waals surface area contributed by atoms with Crippen molar-refractivity contribution in [2.24, 2.45) is 5.41 Å². The standard InChI is InChI=1S/C32H40N4O5/c1-30(2,3)20-17-22(19-11-13-31(4,5)14-12-19)33-23-18-24(41-26(20)23)27(37)36-16-15-35(29(40)32(36,6)7)25-10-8-9-21(34-25)28(38)39/h8-10,17-19H,11-16H2,1-7H3,(H,38,39). The quantitative estimate of drug-likeness (QED) is 0.405. The summed E-state index contributed by atoms with van der Waals surface area (Å²) in [7, 11) is 0. The smallest absolute Gasteiger partial charge is 0.354 e. The van der Waals surface area contributed by atoms with Crippen LogP contribution in [0.2, 0.25) is 0 Å². The molecular formula is C32H40N4O5. The van der Waals surface area contributed by atoms with E-state index in [0.29, 0.717) is 22.4 Å². The first-order valence-corrected chi connectivity index (χ1v) is 14.4. The number of nitrogens with zero attached hydrogens (tertiary/aromatic N) is 4. The number of hydrogen-bond donors (Lipinski definition) is 1. The highest BCUT2D eigenvalue weighted by atomic mass is 16.4. The Labute approximate surface area is 240 Å². The fraction of sp³-hybridized carbons (Fsp3) is 0.531. The second-order valence-corrected chi connectivity index (χ2v) is 13.8. The van der Waals surface area contributed by atoms with Gasteiger partial charge in [-0.05, 0) is 68.6 Å². The summed E-state index contributed by atoms with van der Waals surface area (Å²) in [5.74, 6) is -1.12. The van der Waals surface area contributed by atoms with Gasteiger partial charge in [0.1, 0.15) is 16.9 Å². The van der Waals surface area contributed by atoms with E-state index >= 15 is 0 Å². The molecule has 0 unspecified atom stereocenters. The summed E-state index contributed by atoms with van der Waals surface area (Å²) in [5.41, 5.74) is 2.12. The molecule has 1 saturated carbocycles. The Kier molecular flexibility index (Phi) is 6.99. The van der Waals surface area contributed by atoms with Gasteiger partial charge in [-0.2, -0.15) is 0 Å². The minimum atomic E-state index is -1.21. The Morgan fingerprint density at radius 1 is 1.02 bits per heavy atom. The first-order valence-electron chi connectivity index (χ1n) is 14.4. The van der Waals surface area contributed by atoms with Crippen molar-refractivity contribution in [2.45, 2.75) is 91.0 Å². The zero-order valence-electron chi connectivity index (χ0n) is 25.1. The fourth-order valence-corrected chi connectivity index (χ4v) is 6.04. The molecule has 9 nitrogen and oxygen atoms in total. The Balaban J connectivity index is 1.46. The van der Waals surface area contributed by atoms with Gasteiger partial charge in [-0.1, -0.05) is 40.7 Å². The second kappa shape index (κ2) is 9.96. The maximum atomic E-state index is 13.9. The molecule has 2 fully saturated rings. The number of piperazine rings is 1. The number of fused-ring (bicyclic) bond motifs is 1. The first-order chi connectivity index (χ1) is 19.1. The normalized spacial score (nSPS) is 19.5. The molecule has 0 radical (unpaired) electrons. The van der Waals surface area contributed by atoms with Gasteiger partial charge in [0.15, 0.2) is 17.0 Å². The van der Waals surface area contributed by atoms with Crippen LogP contribution in [-0.2, 0) is 10.2 Å². The van der Waals surface area contributed by atoms with Crippen molar-refractivity contribution in [1.29, 1.82) is 0 Å². The molecule has 41 heavy (non-hydrogen) atoms. The van der Waals surface area contributed by atoms with E-state index in [9.17, 15) is 19.5 Å². The number of rotatable bonds is 4. The van der Waals surface area contributed by atoms with Gasteiger partial charge in [-0.15, -0.1) is 0 Å². The lowest BCUT2D eigenvalue weighted by Crippen LogP contribution is -2.65. The van der Waals surface area contributed by atoms with Gasteiger partial charge < -0.3 is 14.4 Å². The first kappa shape index (κ1) is 28.8. The SMILES string of the molecule is CC1(C)CCC(c2cc(C(C)(C)C)c3oc(C(=O)N4CCN(c5cccc(C(=O)O)n5)C(=O)C4(C)C)cc3n2)CC1. The molecule has 1 N–H and O–H groups in total. The molecule has 3 aromatic heterocycles. The van der Waals surface area contributed by atoms with Crippen molar-refractivity contribution in [3.05, 3.63) is 53.0 Å². The predicted molar refractivity (Wildman–Crippen MR) is 156 cm³/mol. The van der Waals surface area contributed by atoms with Crippen LogP contribution in [0.1, 0.15) is 112 Å². The molecule has 218 valence electrons. The molecule has 1 aliphatic heterocycles. The third-order valence-corrected chi connectivity index (χ3v) is 8.74. The molecule has 0 atom stereocenters. The zero-order valence-corrected chi connectivity index (χ0v) is 25.1. The van der Waals surface area contributed by atoms with Crippen molar-refractivity contribution in [3.8, 4) is 0 Å². The van der Waals surface area contributed by atoms with E-state index in [1.165, 1.54) is 15.9 Å².